The third kappa shape index (κ3) is 5.02. The second-order valence-corrected chi connectivity index (χ2v) is 11.3. The molecule has 0 saturated carbocycles. The Morgan fingerprint density at radius 3 is 2.12 bits per heavy atom. The maximum Gasteiger partial charge on any atom is 0.119 e. The number of phenolic OH excluding ortho intramolecular Hbond substituents is 1. The van der Waals surface area contributed by atoms with Crippen LogP contribution in [-0.4, -0.2) is 18.4 Å². The molecule has 0 saturated heterocycles. The van der Waals surface area contributed by atoms with Gasteiger partial charge in [-0.25, -0.2) is 0 Å². The Labute approximate surface area is 154 Å². The molecule has 0 aromatic heterocycles. The van der Waals surface area contributed by atoms with Gasteiger partial charge in [0.25, 0.3) is 0 Å². The molecule has 0 aliphatic carbocycles. The van der Waals surface area contributed by atoms with Gasteiger partial charge >= 0.3 is 0 Å². The Morgan fingerprint density at radius 1 is 1.04 bits per heavy atom. The molecule has 0 aliphatic rings. The molecule has 1 N–H and O–H groups in total. The fourth-order valence-corrected chi connectivity index (χ4v) is 4.46. The van der Waals surface area contributed by atoms with Crippen LogP contribution in [0.5, 0.6) is 5.75 Å². The van der Waals surface area contributed by atoms with Crippen molar-refractivity contribution in [3.63, 3.8) is 0 Å². The van der Waals surface area contributed by atoms with Crippen LogP contribution in [0.15, 0.2) is 30.3 Å². The van der Waals surface area contributed by atoms with E-state index in [1.165, 1.54) is 0 Å². The van der Waals surface area contributed by atoms with E-state index in [0.717, 1.165) is 22.3 Å². The lowest BCUT2D eigenvalue weighted by Gasteiger charge is -2.14. The molecule has 0 unspecified atom stereocenters. The van der Waals surface area contributed by atoms with Crippen LogP contribution in [0.3, 0.4) is 0 Å². The lowest BCUT2D eigenvalue weighted by atomic mass is 9.96. The van der Waals surface area contributed by atoms with E-state index in [-0.39, 0.29) is 5.92 Å². The zero-order valence-electron chi connectivity index (χ0n) is 14.4. The molecular weight excluding hydrogens is 362 g/mol. The Kier molecular flexibility index (Phi) is 6.07. The summed E-state index contributed by atoms with van der Waals surface area (Å²) >= 11 is 12.8. The normalized spacial score (nSPS) is 12.0. The lowest BCUT2D eigenvalue weighted by Crippen LogP contribution is -1.96. The summed E-state index contributed by atoms with van der Waals surface area (Å²) in [5.74, 6) is 0.546. The second kappa shape index (κ2) is 7.52. The highest BCUT2D eigenvalue weighted by Crippen LogP contribution is 2.42. The average molecular weight is 385 g/mol. The van der Waals surface area contributed by atoms with Gasteiger partial charge in [0.15, 0.2) is 0 Å². The summed E-state index contributed by atoms with van der Waals surface area (Å²) < 4.78 is 12.0. The summed E-state index contributed by atoms with van der Waals surface area (Å²) in [6, 6.07) is 9.30. The molecule has 5 heteroatoms. The fraction of sp³-hybridized carbons (Fsp3) is 0.368. The number of hydrogen-bond acceptors (Lipinski definition) is 2. The summed E-state index contributed by atoms with van der Waals surface area (Å²) in [5, 5.41) is 11.1. The van der Waals surface area contributed by atoms with Gasteiger partial charge in [-0.15, -0.1) is 0 Å². The number of phenols is 1. The van der Waals surface area contributed by atoms with E-state index in [2.05, 4.69) is 0 Å². The standard InChI is InChI=1S/C19H23Cl2O2P/c1-12(2)15-7-13(5-6-19(15)22)8-16-17(20)9-14(10-18(16)21)11-24(3,4)23/h5-7,9-10,12,22H,8,11H2,1-4H3. The molecule has 0 fully saturated rings. The first kappa shape index (κ1) is 19.4. The van der Waals surface area contributed by atoms with E-state index in [1.807, 2.05) is 38.1 Å². The van der Waals surface area contributed by atoms with Crippen molar-refractivity contribution in [2.75, 3.05) is 13.3 Å². The van der Waals surface area contributed by atoms with Crippen LogP contribution >= 0.6 is 30.3 Å². The molecule has 130 valence electrons. The molecule has 2 aromatic carbocycles. The molecular formula is C19H23Cl2O2P. The SMILES string of the molecule is CC(C)c1cc(Cc2c(Cl)cc(CP(C)(C)=O)cc2Cl)ccc1O. The highest BCUT2D eigenvalue weighted by molar-refractivity contribution is 7.61. The third-order valence-corrected chi connectivity index (χ3v) is 5.66. The molecule has 2 aromatic rings. The van der Waals surface area contributed by atoms with Crippen LogP contribution < -0.4 is 0 Å². The van der Waals surface area contributed by atoms with Crippen molar-refractivity contribution in [3.8, 4) is 5.75 Å². The van der Waals surface area contributed by atoms with Gasteiger partial charge in [0.1, 0.15) is 5.75 Å². The van der Waals surface area contributed by atoms with E-state index >= 15 is 0 Å². The second-order valence-electron chi connectivity index (χ2n) is 6.99. The Bertz CT molecular complexity index is 771. The van der Waals surface area contributed by atoms with E-state index in [9.17, 15) is 9.67 Å². The van der Waals surface area contributed by atoms with Crippen molar-refractivity contribution in [1.82, 2.24) is 0 Å². The Balaban J connectivity index is 2.34. The minimum Gasteiger partial charge on any atom is -0.508 e. The monoisotopic (exact) mass is 384 g/mol. The van der Waals surface area contributed by atoms with Gasteiger partial charge in [0.05, 0.1) is 7.14 Å². The van der Waals surface area contributed by atoms with E-state index in [0.29, 0.717) is 28.4 Å². The van der Waals surface area contributed by atoms with Crippen molar-refractivity contribution >= 4 is 30.3 Å². The predicted octanol–water partition coefficient (Wildman–Crippen LogP) is 6.54. The number of hydrogen-bond donors (Lipinski definition) is 1. The van der Waals surface area contributed by atoms with E-state index in [1.54, 1.807) is 19.4 Å². The highest BCUT2D eigenvalue weighted by atomic mass is 35.5. The summed E-state index contributed by atoms with van der Waals surface area (Å²) in [4.78, 5) is 0. The molecule has 2 rings (SSSR count). The molecule has 0 bridgehead atoms. The molecule has 0 aliphatic heterocycles. The van der Waals surface area contributed by atoms with Gasteiger partial charge in [-0.05, 0) is 59.7 Å². The number of halogens is 2. The van der Waals surface area contributed by atoms with Crippen molar-refractivity contribution in [1.29, 1.82) is 0 Å². The van der Waals surface area contributed by atoms with Gasteiger partial charge in [-0.2, -0.15) is 0 Å². The molecule has 0 heterocycles. The van der Waals surface area contributed by atoms with Crippen LogP contribution in [0.2, 0.25) is 10.0 Å². The summed E-state index contributed by atoms with van der Waals surface area (Å²) in [7, 11) is -2.18. The number of rotatable bonds is 5. The molecule has 0 spiro atoms. The smallest absolute Gasteiger partial charge is 0.119 e. The largest absolute Gasteiger partial charge is 0.508 e. The number of benzene rings is 2. The lowest BCUT2D eigenvalue weighted by molar-refractivity contribution is 0.464. The van der Waals surface area contributed by atoms with Crippen LogP contribution in [0.4, 0.5) is 0 Å². The highest BCUT2D eigenvalue weighted by Gasteiger charge is 2.15. The first-order chi connectivity index (χ1) is 11.1. The fourth-order valence-electron chi connectivity index (χ4n) is 2.74. The van der Waals surface area contributed by atoms with E-state index in [4.69, 9.17) is 23.2 Å². The first-order valence-electron chi connectivity index (χ1n) is 7.89. The van der Waals surface area contributed by atoms with Gasteiger partial charge in [-0.1, -0.05) is 49.2 Å². The minimum atomic E-state index is -2.18. The topological polar surface area (TPSA) is 37.3 Å². The van der Waals surface area contributed by atoms with Crippen molar-refractivity contribution in [2.24, 2.45) is 0 Å². The van der Waals surface area contributed by atoms with Crippen LogP contribution in [-0.2, 0) is 17.1 Å². The van der Waals surface area contributed by atoms with Gasteiger partial charge < -0.3 is 9.67 Å². The zero-order valence-corrected chi connectivity index (χ0v) is 16.8. The zero-order chi connectivity index (χ0) is 18.1. The Hall–Kier alpha value is -0.950. The van der Waals surface area contributed by atoms with Gasteiger partial charge in [0, 0.05) is 22.6 Å². The quantitative estimate of drug-likeness (QED) is 0.594. The maximum absolute atomic E-state index is 12.0. The van der Waals surface area contributed by atoms with Crippen LogP contribution in [0.25, 0.3) is 0 Å². The maximum atomic E-state index is 12.0. The number of aromatic hydroxyl groups is 1. The minimum absolute atomic E-state index is 0.238. The molecule has 0 atom stereocenters. The first-order valence-corrected chi connectivity index (χ1v) is 11.4. The van der Waals surface area contributed by atoms with Gasteiger partial charge in [-0.3, -0.25) is 0 Å². The molecule has 24 heavy (non-hydrogen) atoms. The van der Waals surface area contributed by atoms with Crippen LogP contribution in [0.1, 0.15) is 42.0 Å². The van der Waals surface area contributed by atoms with Crippen molar-refractivity contribution in [3.05, 3.63) is 62.6 Å². The molecule has 0 amide bonds. The summed E-state index contributed by atoms with van der Waals surface area (Å²) in [6.07, 6.45) is 1.08. The average Bonchev–Trinajstić information content (AvgIpc) is 2.42. The molecule has 0 radical (unpaired) electrons. The van der Waals surface area contributed by atoms with Gasteiger partial charge in [0.2, 0.25) is 0 Å². The van der Waals surface area contributed by atoms with Crippen LogP contribution in [0, 0.1) is 0 Å². The summed E-state index contributed by atoms with van der Waals surface area (Å²) in [5.41, 5.74) is 3.71. The summed E-state index contributed by atoms with van der Waals surface area (Å²) in [6.45, 7) is 7.60. The van der Waals surface area contributed by atoms with Crippen molar-refractivity contribution < 1.29 is 9.67 Å². The van der Waals surface area contributed by atoms with Crippen molar-refractivity contribution in [2.45, 2.75) is 32.3 Å². The molecule has 2 nitrogen and oxygen atoms in total. The van der Waals surface area contributed by atoms with E-state index < -0.39 is 7.14 Å². The predicted molar refractivity (Wildman–Crippen MR) is 105 cm³/mol. The third-order valence-electron chi connectivity index (χ3n) is 3.86. The Morgan fingerprint density at radius 2 is 1.62 bits per heavy atom.